The first kappa shape index (κ1) is 27.7. The largest absolute Gasteiger partial charge is 0.486 e. The van der Waals surface area contributed by atoms with E-state index in [2.05, 4.69) is 40.5 Å². The smallest absolute Gasteiger partial charge is 0.416 e. The maximum Gasteiger partial charge on any atom is 0.416 e. The molecule has 0 saturated heterocycles. The van der Waals surface area contributed by atoms with Crippen molar-refractivity contribution in [3.05, 3.63) is 65.7 Å². The van der Waals surface area contributed by atoms with Crippen molar-refractivity contribution in [2.24, 2.45) is 10.8 Å². The van der Waals surface area contributed by atoms with Gasteiger partial charge in [0.1, 0.15) is 11.9 Å². The fourth-order valence-electron chi connectivity index (χ4n) is 5.01. The molecule has 1 atom stereocenters. The Labute approximate surface area is 222 Å². The molecule has 0 bridgehead atoms. The Morgan fingerprint density at radius 1 is 1.00 bits per heavy atom. The summed E-state index contributed by atoms with van der Waals surface area (Å²) in [6.45, 7) is 10.3. The number of halogens is 4. The van der Waals surface area contributed by atoms with Crippen LogP contribution in [0, 0.1) is 10.8 Å². The standard InChI is InChI=1S/C28H37BrF3NO2Si/c1-36(2,3)16-15-34-21-33(20-27-17-26(27,18-27)19-29)14-13-25(22-7-5-4-6-8-22)35-24-11-9-23(10-12-24)28(30,31)32/h4-12,25H,13-21H2,1-3H3. The van der Waals surface area contributed by atoms with Crippen LogP contribution in [0.5, 0.6) is 5.75 Å². The predicted molar refractivity (Wildman–Crippen MR) is 144 cm³/mol. The number of rotatable bonds is 14. The number of benzene rings is 2. The molecule has 8 heteroatoms. The minimum Gasteiger partial charge on any atom is -0.486 e. The van der Waals surface area contributed by atoms with Gasteiger partial charge in [-0.25, -0.2) is 0 Å². The SMILES string of the molecule is C[Si](C)(C)CCOCN(CCC(Oc1ccc(C(F)(F)F)cc1)c1ccccc1)CC12CC1(CBr)C2. The fourth-order valence-corrected chi connectivity index (χ4v) is 6.76. The second-order valence-electron chi connectivity index (χ2n) is 11.8. The summed E-state index contributed by atoms with van der Waals surface area (Å²) < 4.78 is 51.3. The third kappa shape index (κ3) is 6.94. The number of alkyl halides is 4. The van der Waals surface area contributed by atoms with Crippen molar-refractivity contribution in [3.8, 4) is 5.75 Å². The van der Waals surface area contributed by atoms with Gasteiger partial charge in [-0.1, -0.05) is 65.9 Å². The molecule has 2 fully saturated rings. The molecule has 2 aromatic rings. The van der Waals surface area contributed by atoms with Crippen LogP contribution >= 0.6 is 15.9 Å². The number of hydrogen-bond donors (Lipinski definition) is 0. The van der Waals surface area contributed by atoms with Gasteiger partial charge in [-0.05, 0) is 59.5 Å². The number of nitrogens with zero attached hydrogens (tertiary/aromatic N) is 1. The van der Waals surface area contributed by atoms with Gasteiger partial charge in [0.2, 0.25) is 0 Å². The van der Waals surface area contributed by atoms with Gasteiger partial charge in [-0.15, -0.1) is 0 Å². The molecule has 2 saturated carbocycles. The molecule has 0 N–H and O–H groups in total. The quantitative estimate of drug-likeness (QED) is 0.0972. The normalized spacial score (nSPS) is 23.9. The van der Waals surface area contributed by atoms with E-state index >= 15 is 0 Å². The van der Waals surface area contributed by atoms with Gasteiger partial charge in [-0.2, -0.15) is 13.2 Å². The molecule has 0 spiro atoms. The van der Waals surface area contributed by atoms with Crippen LogP contribution in [0.1, 0.15) is 36.5 Å². The highest BCUT2D eigenvalue weighted by Gasteiger charge is 2.81. The minimum atomic E-state index is -4.36. The highest BCUT2D eigenvalue weighted by Crippen LogP contribution is 2.86. The fraction of sp³-hybridized carbons (Fsp3) is 0.571. The predicted octanol–water partition coefficient (Wildman–Crippen LogP) is 8.01. The van der Waals surface area contributed by atoms with E-state index in [4.69, 9.17) is 9.47 Å². The molecule has 0 heterocycles. The third-order valence-corrected chi connectivity index (χ3v) is 10.4. The molecular weight excluding hydrogens is 547 g/mol. The summed E-state index contributed by atoms with van der Waals surface area (Å²) in [7, 11) is -1.15. The zero-order valence-corrected chi connectivity index (χ0v) is 24.0. The Morgan fingerprint density at radius 3 is 2.22 bits per heavy atom. The second kappa shape index (κ2) is 10.8. The maximum atomic E-state index is 13.0. The van der Waals surface area contributed by atoms with Crippen LogP contribution in [-0.2, 0) is 10.9 Å². The highest BCUT2D eigenvalue weighted by atomic mass is 79.9. The summed E-state index contributed by atoms with van der Waals surface area (Å²) in [4.78, 5) is 2.41. The second-order valence-corrected chi connectivity index (χ2v) is 18.0. The first-order valence-corrected chi connectivity index (χ1v) is 17.5. The summed E-state index contributed by atoms with van der Waals surface area (Å²) in [6, 6.07) is 16.0. The maximum absolute atomic E-state index is 13.0. The topological polar surface area (TPSA) is 21.7 Å². The first-order chi connectivity index (χ1) is 17.0. The van der Waals surface area contributed by atoms with E-state index in [9.17, 15) is 13.2 Å². The summed E-state index contributed by atoms with van der Waals surface area (Å²) in [5, 5.41) is 1.06. The Morgan fingerprint density at radius 2 is 1.67 bits per heavy atom. The van der Waals surface area contributed by atoms with Crippen LogP contribution in [0.25, 0.3) is 0 Å². The summed E-state index contributed by atoms with van der Waals surface area (Å²) >= 11 is 3.70. The van der Waals surface area contributed by atoms with Gasteiger partial charge < -0.3 is 9.47 Å². The van der Waals surface area contributed by atoms with Crippen LogP contribution in [0.15, 0.2) is 54.6 Å². The average Bonchev–Trinajstić information content (AvgIpc) is 3.65. The van der Waals surface area contributed by atoms with Gasteiger partial charge in [-0.3, -0.25) is 4.90 Å². The number of ether oxygens (including phenoxy) is 2. The molecule has 36 heavy (non-hydrogen) atoms. The van der Waals surface area contributed by atoms with Crippen LogP contribution < -0.4 is 4.74 Å². The van der Waals surface area contributed by atoms with E-state index in [-0.39, 0.29) is 6.10 Å². The van der Waals surface area contributed by atoms with Crippen LogP contribution in [0.3, 0.4) is 0 Å². The average molecular weight is 585 g/mol. The lowest BCUT2D eigenvalue weighted by atomic mass is 10.1. The molecular formula is C28H37BrF3NO2Si. The van der Waals surface area contributed by atoms with E-state index in [1.807, 2.05) is 30.3 Å². The third-order valence-electron chi connectivity index (χ3n) is 7.62. The van der Waals surface area contributed by atoms with Gasteiger partial charge in [0.25, 0.3) is 0 Å². The first-order valence-electron chi connectivity index (χ1n) is 12.7. The molecule has 1 unspecified atom stereocenters. The number of hydrogen-bond acceptors (Lipinski definition) is 3. The van der Waals surface area contributed by atoms with Gasteiger partial charge in [0.05, 0.1) is 12.3 Å². The lowest BCUT2D eigenvalue weighted by Gasteiger charge is -2.27. The van der Waals surface area contributed by atoms with Crippen molar-refractivity contribution in [1.29, 1.82) is 0 Å². The van der Waals surface area contributed by atoms with Crippen LogP contribution in [0.2, 0.25) is 25.7 Å². The van der Waals surface area contributed by atoms with Crippen molar-refractivity contribution >= 4 is 24.0 Å². The lowest BCUT2D eigenvalue weighted by molar-refractivity contribution is -0.137. The van der Waals surface area contributed by atoms with Crippen LogP contribution in [-0.4, -0.2) is 44.7 Å². The Balaban J connectivity index is 1.41. The van der Waals surface area contributed by atoms with Crippen molar-refractivity contribution in [2.45, 2.75) is 57.2 Å². The summed E-state index contributed by atoms with van der Waals surface area (Å²) in [5.74, 6) is 0.441. The molecule has 0 amide bonds. The Hall–Kier alpha value is -1.35. The molecule has 198 valence electrons. The molecule has 2 aromatic carbocycles. The van der Waals surface area contributed by atoms with E-state index in [0.29, 0.717) is 23.3 Å². The summed E-state index contributed by atoms with van der Waals surface area (Å²) in [5.41, 5.74) is 1.26. The minimum absolute atomic E-state index is 0.260. The van der Waals surface area contributed by atoms with Crippen molar-refractivity contribution in [2.75, 3.05) is 31.8 Å². The van der Waals surface area contributed by atoms with Gasteiger partial charge in [0, 0.05) is 39.5 Å². The van der Waals surface area contributed by atoms with Crippen LogP contribution in [0.4, 0.5) is 13.2 Å². The molecule has 0 aromatic heterocycles. The zero-order valence-electron chi connectivity index (χ0n) is 21.4. The van der Waals surface area contributed by atoms with E-state index in [1.165, 1.54) is 25.0 Å². The molecule has 2 aliphatic carbocycles. The summed E-state index contributed by atoms with van der Waals surface area (Å²) in [6.07, 6.45) is -1.34. The molecule has 3 nitrogen and oxygen atoms in total. The van der Waals surface area contributed by atoms with Crippen molar-refractivity contribution < 1.29 is 22.6 Å². The Bertz CT molecular complexity index is 989. The highest BCUT2D eigenvalue weighted by molar-refractivity contribution is 9.09. The van der Waals surface area contributed by atoms with Gasteiger partial charge in [0.15, 0.2) is 0 Å². The van der Waals surface area contributed by atoms with E-state index < -0.39 is 19.8 Å². The van der Waals surface area contributed by atoms with Crippen molar-refractivity contribution in [1.82, 2.24) is 4.90 Å². The Kier molecular flexibility index (Phi) is 8.30. The van der Waals surface area contributed by atoms with E-state index in [0.717, 1.165) is 55.2 Å². The lowest BCUT2D eigenvalue weighted by Crippen LogP contribution is -2.33. The van der Waals surface area contributed by atoms with Crippen molar-refractivity contribution in [3.63, 3.8) is 0 Å². The number of fused-ring (bicyclic) bond motifs is 1. The molecule has 2 aliphatic rings. The van der Waals surface area contributed by atoms with E-state index in [1.54, 1.807) is 0 Å². The molecule has 0 radical (unpaired) electrons. The monoisotopic (exact) mass is 583 g/mol. The van der Waals surface area contributed by atoms with Gasteiger partial charge >= 0.3 is 6.18 Å². The molecule has 4 rings (SSSR count). The zero-order chi connectivity index (χ0) is 26.0. The molecule has 0 aliphatic heterocycles.